The molecule has 2 aliphatic heterocycles. The van der Waals surface area contributed by atoms with Crippen LogP contribution < -0.4 is 24.7 Å². The van der Waals surface area contributed by atoms with Gasteiger partial charge in [0.15, 0.2) is 0 Å². The molecule has 1 fully saturated rings. The van der Waals surface area contributed by atoms with E-state index in [1.165, 1.54) is 40.6 Å². The number of methoxy groups -OCH3 is 2. The number of cyclic esters (lactones) is 2. The molecular formula is C72H125NO18P2Si4. The van der Waals surface area contributed by atoms with Gasteiger partial charge >= 0.3 is 39.1 Å². The van der Waals surface area contributed by atoms with Gasteiger partial charge in [-0.1, -0.05) is 145 Å². The van der Waals surface area contributed by atoms with Crippen molar-refractivity contribution in [1.82, 2.24) is 0 Å². The van der Waals surface area contributed by atoms with Crippen molar-refractivity contribution in [2.24, 2.45) is 17.6 Å². The smallest absolute Gasteiger partial charge is 0.342 e. The van der Waals surface area contributed by atoms with Crippen LogP contribution in [-0.2, 0) is 77.3 Å². The lowest BCUT2D eigenvalue weighted by molar-refractivity contribution is -0.148. The highest BCUT2D eigenvalue weighted by Gasteiger charge is 2.36. The number of rotatable bonds is 37. The third-order valence-corrected chi connectivity index (χ3v) is 25.6. The average molecular weight is 1470 g/mol. The van der Waals surface area contributed by atoms with Gasteiger partial charge in [-0.3, -0.25) is 18.7 Å². The fourth-order valence-corrected chi connectivity index (χ4v) is 13.9. The molecule has 3 aliphatic rings. The quantitative estimate of drug-likeness (QED) is 0.0210. The van der Waals surface area contributed by atoms with Gasteiger partial charge in [0.2, 0.25) is 0 Å². The number of esters is 4. The van der Waals surface area contributed by atoms with Gasteiger partial charge in [-0.15, -0.1) is 0 Å². The van der Waals surface area contributed by atoms with Crippen LogP contribution in [0.4, 0.5) is 0 Å². The van der Waals surface area contributed by atoms with Crippen molar-refractivity contribution < 1.29 is 84.7 Å². The molecule has 0 saturated heterocycles. The van der Waals surface area contributed by atoms with E-state index in [1.54, 1.807) is 32.4 Å². The Kier molecular flexibility index (Phi) is 37.4. The minimum absolute atomic E-state index is 0. The molecule has 1 aliphatic carbocycles. The zero-order chi connectivity index (χ0) is 73.9. The summed E-state index contributed by atoms with van der Waals surface area (Å²) in [6.45, 7) is 43.0. The summed E-state index contributed by atoms with van der Waals surface area (Å²) in [4.78, 5) is 61.8. The zero-order valence-corrected chi connectivity index (χ0v) is 69.6. The van der Waals surface area contributed by atoms with Gasteiger partial charge < -0.3 is 62.1 Å². The molecule has 0 radical (unpaired) electrons. The van der Waals surface area contributed by atoms with Crippen LogP contribution in [0.1, 0.15) is 134 Å². The highest BCUT2D eigenvalue weighted by atomic mass is 31.2. The molecule has 2 heterocycles. The molecule has 5 rings (SSSR count). The van der Waals surface area contributed by atoms with Crippen molar-refractivity contribution in [3.05, 3.63) is 92.1 Å². The van der Waals surface area contributed by atoms with Crippen LogP contribution >= 0.6 is 15.2 Å². The normalized spacial score (nSPS) is 15.5. The summed E-state index contributed by atoms with van der Waals surface area (Å²) in [5.41, 5.74) is 13.2. The number of nitrogens with two attached hydrogens (primary N) is 1. The van der Waals surface area contributed by atoms with Gasteiger partial charge in [0.05, 0.1) is 64.8 Å². The van der Waals surface area contributed by atoms with Crippen LogP contribution in [0.3, 0.4) is 0 Å². The van der Waals surface area contributed by atoms with E-state index in [2.05, 4.69) is 89.2 Å². The fourth-order valence-electron chi connectivity index (χ4n) is 9.66. The largest absolute Gasteiger partial charge is 0.496 e. The number of hydrogen-bond acceptors (Lipinski definition) is 18. The van der Waals surface area contributed by atoms with E-state index < -0.39 is 59.3 Å². The topological polar surface area (TPSA) is 250 Å². The van der Waals surface area contributed by atoms with E-state index in [1.807, 2.05) is 60.6 Å². The first-order valence-corrected chi connectivity index (χ1v) is 52.5. The summed E-state index contributed by atoms with van der Waals surface area (Å²) >= 11 is 0. The van der Waals surface area contributed by atoms with Crippen LogP contribution in [0.15, 0.2) is 47.6 Å². The zero-order valence-electron chi connectivity index (χ0n) is 63.8. The van der Waals surface area contributed by atoms with Crippen molar-refractivity contribution in [2.45, 2.75) is 228 Å². The Bertz CT molecular complexity index is 3110. The van der Waals surface area contributed by atoms with Crippen molar-refractivity contribution in [3.8, 4) is 23.0 Å². The monoisotopic (exact) mass is 1470 g/mol. The van der Waals surface area contributed by atoms with Crippen LogP contribution in [0, 0.1) is 25.7 Å². The first-order chi connectivity index (χ1) is 44.8. The van der Waals surface area contributed by atoms with Gasteiger partial charge in [0.1, 0.15) is 47.3 Å². The van der Waals surface area contributed by atoms with E-state index in [0.29, 0.717) is 99.1 Å². The number of benzene rings is 2. The Hall–Kier alpha value is -4.39. The van der Waals surface area contributed by atoms with Crippen molar-refractivity contribution in [2.75, 3.05) is 74.3 Å². The van der Waals surface area contributed by atoms with E-state index >= 15 is 0 Å². The first-order valence-electron chi connectivity index (χ1n) is 34.2. The van der Waals surface area contributed by atoms with E-state index in [0.717, 1.165) is 68.7 Å². The molecule has 0 amide bonds. The Morgan fingerprint density at radius 3 is 1.18 bits per heavy atom. The lowest BCUT2D eigenvalue weighted by atomic mass is 9.93. The number of carbonyl (C=O) groups is 4. The number of ether oxygens (including phenoxy) is 8. The molecule has 3 unspecified atom stereocenters. The summed E-state index contributed by atoms with van der Waals surface area (Å²) in [7, 11) is -5.22. The van der Waals surface area contributed by atoms with Gasteiger partial charge in [-0.25, -0.2) is 9.59 Å². The summed E-state index contributed by atoms with van der Waals surface area (Å²) in [5.74, 6) is 0.221. The maximum atomic E-state index is 13.2. The van der Waals surface area contributed by atoms with Crippen LogP contribution in [0.2, 0.25) is 103 Å². The van der Waals surface area contributed by atoms with Gasteiger partial charge in [0, 0.05) is 81.4 Å². The molecule has 0 bridgehead atoms. The second kappa shape index (κ2) is 40.9. The van der Waals surface area contributed by atoms with Crippen LogP contribution in [-0.4, -0.2) is 141 Å². The summed E-state index contributed by atoms with van der Waals surface area (Å²) in [6.07, 6.45) is 18.1. The number of fused-ring (bicyclic) bond motifs is 2. The van der Waals surface area contributed by atoms with Gasteiger partial charge in [-0.2, -0.15) is 0 Å². The molecule has 2 aromatic carbocycles. The summed E-state index contributed by atoms with van der Waals surface area (Å²) in [5, 5.41) is 0. The highest BCUT2D eigenvalue weighted by molar-refractivity contribution is 7.54. The van der Waals surface area contributed by atoms with Gasteiger partial charge in [0.25, 0.3) is 0 Å². The number of hydrogen-bond donors (Lipinski definition) is 2. The summed E-state index contributed by atoms with van der Waals surface area (Å²) < 4.78 is 85.6. The summed E-state index contributed by atoms with van der Waals surface area (Å²) in [6, 6.07) is 3.65. The molecular weight excluding hydrogens is 1340 g/mol. The molecule has 1 saturated carbocycles. The Labute approximate surface area is 587 Å². The molecule has 0 spiro atoms. The number of allylic oxidation sites excluding steroid dienone is 8. The Morgan fingerprint density at radius 2 is 0.876 bits per heavy atom. The third-order valence-electron chi connectivity index (χ3n) is 15.8. The van der Waals surface area contributed by atoms with Crippen molar-refractivity contribution in [3.63, 3.8) is 0 Å². The second-order valence-electron chi connectivity index (χ2n) is 31.4. The minimum atomic E-state index is -3.67. The maximum absolute atomic E-state index is 13.2. The van der Waals surface area contributed by atoms with Gasteiger partial charge in [-0.05, 0) is 122 Å². The second-order valence-corrected chi connectivity index (χ2v) is 58.2. The van der Waals surface area contributed by atoms with E-state index in [9.17, 15) is 33.2 Å². The highest BCUT2D eigenvalue weighted by Crippen LogP contribution is 2.47. The third kappa shape index (κ3) is 34.7. The number of carbonyl (C=O) groups excluding carboxylic acids is 4. The molecule has 3 atom stereocenters. The predicted octanol–water partition coefficient (Wildman–Crippen LogP) is 17.7. The average Bonchev–Trinajstić information content (AvgIpc) is 1.68. The molecule has 97 heavy (non-hydrogen) atoms. The van der Waals surface area contributed by atoms with Crippen LogP contribution in [0.25, 0.3) is 0 Å². The molecule has 552 valence electrons. The lowest BCUT2D eigenvalue weighted by Gasteiger charge is -2.22. The molecule has 19 nitrogen and oxygen atoms in total. The molecule has 2 aromatic rings. The first kappa shape index (κ1) is 88.7. The van der Waals surface area contributed by atoms with Crippen molar-refractivity contribution >= 4 is 71.4 Å². The molecule has 25 heteroatoms. The molecule has 0 aromatic heterocycles. The fraction of sp³-hybridized carbons (Fsp3) is 0.667. The van der Waals surface area contributed by atoms with E-state index in [-0.39, 0.29) is 55.0 Å². The standard InChI is InChI=1S/C33H55O9PSi2.C32H53O9PSi2.C4H11N.C3H6/c1-24(22-26(32(34)41-18-21-45(9,10)11)14-12-13-19-43(36,38-4)39-5)15-16-27-30(37-3)25(2)28-23-42-33(35)29(28)31(27)40-17-20-44(6,7)8;1-23(21-25(13-11-12-18-42(35,36)38-4)31(33)40-17-20-44(8,9)10)14-15-26-29(37-3)24(2)27-22-41-32(34)28(27)30(26)39-16-19-43(5,6)7;1-4(2,3)5;1-2-3-1/h12-13,15,26H,14,16-23H2,1-11H3;11-12,14,25H,13,15-22H2,1-10H3,(H,35,36);5H2,1-3H3;1-3H2/b13-12+,24-15+;12-11+,23-14+;;. The Balaban J connectivity index is 0.000000591. The Morgan fingerprint density at radius 1 is 0.546 bits per heavy atom. The van der Waals surface area contributed by atoms with Crippen LogP contribution in [0.5, 0.6) is 23.0 Å². The SMILES string of the molecule is C1CC1.CC(C)(C)N.COc1c(C)c2c(c(OCC[Si](C)(C)C)c1C/C=C(\C)CC(C/C=C/CP(=O)(O)OC)C(=O)OCC[Si](C)(C)C)C(=O)OC2.COc1c(C)c2c(c(OCC[Si](C)(C)C)c1C/C=C(\C)CC(C/C=C/CP(=O)(OC)OC)C(=O)OCC[Si](C)(C)C)C(=O)OC2. The minimum Gasteiger partial charge on any atom is -0.496 e. The maximum Gasteiger partial charge on any atom is 0.342 e. The predicted molar refractivity (Wildman–Crippen MR) is 404 cm³/mol. The van der Waals surface area contributed by atoms with E-state index in [4.69, 9.17) is 52.7 Å². The molecule has 3 N–H and O–H groups in total. The lowest BCUT2D eigenvalue weighted by Crippen LogP contribution is -2.26. The van der Waals surface area contributed by atoms with Crippen molar-refractivity contribution in [1.29, 1.82) is 0 Å².